The predicted molar refractivity (Wildman–Crippen MR) is 114 cm³/mol. The molecule has 1 atom stereocenters. The number of hydrogen-bond donors (Lipinski definition) is 0. The minimum Gasteiger partial charge on any atom is -0.457 e. The lowest BCUT2D eigenvalue weighted by molar-refractivity contribution is -0.194. The van der Waals surface area contributed by atoms with E-state index in [0.29, 0.717) is 18.8 Å². The first kappa shape index (κ1) is 20.9. The Balaban J connectivity index is 1.91. The molecular weight excluding hydrogens is 362 g/mol. The molecule has 0 bridgehead atoms. The van der Waals surface area contributed by atoms with Gasteiger partial charge in [-0.2, -0.15) is 0 Å². The van der Waals surface area contributed by atoms with Gasteiger partial charge in [0.1, 0.15) is 11.4 Å². The largest absolute Gasteiger partial charge is 0.457 e. The van der Waals surface area contributed by atoms with E-state index in [1.54, 1.807) is 6.20 Å². The summed E-state index contributed by atoms with van der Waals surface area (Å²) in [6, 6.07) is 19.8. The van der Waals surface area contributed by atoms with Crippen LogP contribution in [0.4, 0.5) is 0 Å². The first-order valence-electron chi connectivity index (χ1n) is 10.4. The molecule has 0 radical (unpaired) electrons. The van der Waals surface area contributed by atoms with Crippen LogP contribution < -0.4 is 4.74 Å². The Morgan fingerprint density at radius 1 is 0.862 bits per heavy atom. The van der Waals surface area contributed by atoms with Crippen molar-refractivity contribution in [2.75, 3.05) is 6.61 Å². The van der Waals surface area contributed by atoms with Crippen molar-refractivity contribution < 1.29 is 9.47 Å². The average molecular weight is 392 g/mol. The van der Waals surface area contributed by atoms with E-state index in [2.05, 4.69) is 41.4 Å². The van der Waals surface area contributed by atoms with Crippen molar-refractivity contribution in [2.45, 2.75) is 51.7 Å². The van der Waals surface area contributed by atoms with Gasteiger partial charge in [-0.25, -0.2) is 0 Å². The molecule has 1 heterocycles. The number of rotatable bonds is 11. The first-order valence-corrected chi connectivity index (χ1v) is 10.4. The van der Waals surface area contributed by atoms with Crippen molar-refractivity contribution in [3.63, 3.8) is 0 Å². The molecule has 5 heteroatoms. The van der Waals surface area contributed by atoms with E-state index in [-0.39, 0.29) is 0 Å². The molecule has 0 saturated carbocycles. The molecule has 0 aliphatic heterocycles. The van der Waals surface area contributed by atoms with E-state index in [0.717, 1.165) is 29.7 Å². The lowest BCUT2D eigenvalue weighted by Crippen LogP contribution is -2.36. The maximum Gasteiger partial charge on any atom is 0.237 e. The Labute approximate surface area is 173 Å². The molecule has 5 nitrogen and oxygen atoms in total. The summed E-state index contributed by atoms with van der Waals surface area (Å²) in [7, 11) is 0. The third kappa shape index (κ3) is 5.39. The Morgan fingerprint density at radius 3 is 2.38 bits per heavy atom. The molecular formula is C24H29N3O2. The van der Waals surface area contributed by atoms with Crippen LogP contribution in [0.5, 0.6) is 5.75 Å². The zero-order valence-electron chi connectivity index (χ0n) is 17.3. The highest BCUT2D eigenvalue weighted by atomic mass is 16.7. The molecule has 0 fully saturated rings. The lowest BCUT2D eigenvalue weighted by atomic mass is 10.0. The van der Waals surface area contributed by atoms with Crippen LogP contribution in [-0.2, 0) is 10.5 Å². The van der Waals surface area contributed by atoms with Crippen molar-refractivity contribution in [3.05, 3.63) is 72.4 Å². The fourth-order valence-electron chi connectivity index (χ4n) is 3.34. The molecule has 0 saturated heterocycles. The van der Waals surface area contributed by atoms with Crippen LogP contribution in [0.2, 0.25) is 0 Å². The van der Waals surface area contributed by atoms with E-state index in [1.165, 1.54) is 12.8 Å². The second-order valence-electron chi connectivity index (χ2n) is 6.99. The lowest BCUT2D eigenvalue weighted by Gasteiger charge is -2.34. The third-order valence-corrected chi connectivity index (χ3v) is 4.95. The minimum atomic E-state index is -0.857. The maximum absolute atomic E-state index is 6.62. The van der Waals surface area contributed by atoms with Crippen LogP contribution in [0.1, 0.15) is 51.5 Å². The van der Waals surface area contributed by atoms with Gasteiger partial charge in [-0.1, -0.05) is 75.6 Å². The zero-order chi connectivity index (χ0) is 20.4. The molecule has 3 aromatic rings. The number of nitrogens with zero attached hydrogens (tertiary/aromatic N) is 3. The Morgan fingerprint density at radius 2 is 1.66 bits per heavy atom. The first-order chi connectivity index (χ1) is 14.3. The number of para-hydroxylation sites is 1. The summed E-state index contributed by atoms with van der Waals surface area (Å²) in [6.45, 7) is 4.96. The minimum absolute atomic E-state index is 0.653. The van der Waals surface area contributed by atoms with Crippen molar-refractivity contribution in [1.82, 2.24) is 15.4 Å². The second-order valence-corrected chi connectivity index (χ2v) is 6.99. The molecule has 0 N–H and O–H groups in total. The van der Waals surface area contributed by atoms with Crippen LogP contribution in [0.15, 0.2) is 66.9 Å². The molecule has 1 unspecified atom stereocenters. The van der Waals surface area contributed by atoms with E-state index in [4.69, 9.17) is 9.47 Å². The molecule has 29 heavy (non-hydrogen) atoms. The van der Waals surface area contributed by atoms with E-state index in [1.807, 2.05) is 48.5 Å². The summed E-state index contributed by atoms with van der Waals surface area (Å²) in [4.78, 5) is 0. The summed E-state index contributed by atoms with van der Waals surface area (Å²) in [5, 5.41) is 11.7. The van der Waals surface area contributed by atoms with Crippen molar-refractivity contribution in [1.29, 1.82) is 0 Å². The van der Waals surface area contributed by atoms with Crippen molar-refractivity contribution in [2.24, 2.45) is 0 Å². The van der Waals surface area contributed by atoms with Gasteiger partial charge in [-0.05, 0) is 29.8 Å². The van der Waals surface area contributed by atoms with Crippen LogP contribution in [-0.4, -0.2) is 22.0 Å². The van der Waals surface area contributed by atoms with E-state index >= 15 is 0 Å². The van der Waals surface area contributed by atoms with Crippen LogP contribution in [0, 0.1) is 0 Å². The highest BCUT2D eigenvalue weighted by Gasteiger charge is 2.34. The summed E-state index contributed by atoms with van der Waals surface area (Å²) in [5.41, 5.74) is 2.59. The molecule has 2 aromatic carbocycles. The smallest absolute Gasteiger partial charge is 0.237 e. The Hall–Kier alpha value is -2.79. The summed E-state index contributed by atoms with van der Waals surface area (Å²) in [5.74, 6) is -0.142. The van der Waals surface area contributed by atoms with E-state index in [9.17, 15) is 0 Å². The van der Waals surface area contributed by atoms with Gasteiger partial charge in [0.05, 0.1) is 12.8 Å². The van der Waals surface area contributed by atoms with Crippen LogP contribution in [0.3, 0.4) is 0 Å². The van der Waals surface area contributed by atoms with Gasteiger partial charge in [-0.3, -0.25) is 0 Å². The molecule has 152 valence electrons. The number of hydrogen-bond acceptors (Lipinski definition) is 5. The fourth-order valence-corrected chi connectivity index (χ4v) is 3.34. The Kier molecular flexibility index (Phi) is 7.70. The van der Waals surface area contributed by atoms with Gasteiger partial charge in [0, 0.05) is 17.5 Å². The van der Waals surface area contributed by atoms with Crippen LogP contribution >= 0.6 is 0 Å². The normalized spacial score (nSPS) is 13.0. The molecule has 0 amide bonds. The predicted octanol–water partition coefficient (Wildman–Crippen LogP) is 5.78. The van der Waals surface area contributed by atoms with Gasteiger partial charge in [0.15, 0.2) is 0 Å². The third-order valence-electron chi connectivity index (χ3n) is 4.95. The quantitative estimate of drug-likeness (QED) is 0.306. The highest BCUT2D eigenvalue weighted by molar-refractivity contribution is 5.66. The summed E-state index contributed by atoms with van der Waals surface area (Å²) >= 11 is 0. The molecule has 1 aromatic heterocycles. The summed E-state index contributed by atoms with van der Waals surface area (Å²) in [6.07, 6.45) is 6.92. The van der Waals surface area contributed by atoms with Gasteiger partial charge < -0.3 is 9.47 Å². The average Bonchev–Trinajstić information content (AvgIpc) is 2.79. The SMILES string of the molecule is CCCCCCOC(CC)(Oc1ccccc1-c1ccnnn1)c1ccccc1. The van der Waals surface area contributed by atoms with Gasteiger partial charge in [0.2, 0.25) is 5.79 Å². The monoisotopic (exact) mass is 391 g/mol. The molecule has 0 aliphatic carbocycles. The maximum atomic E-state index is 6.62. The van der Waals surface area contributed by atoms with Gasteiger partial charge in [0.25, 0.3) is 0 Å². The second kappa shape index (κ2) is 10.7. The van der Waals surface area contributed by atoms with Crippen molar-refractivity contribution >= 4 is 0 Å². The van der Waals surface area contributed by atoms with Gasteiger partial charge >= 0.3 is 0 Å². The Bertz CT molecular complexity index is 858. The number of ether oxygens (including phenoxy) is 2. The van der Waals surface area contributed by atoms with Gasteiger partial charge in [-0.15, -0.1) is 10.2 Å². The number of benzene rings is 2. The molecule has 3 rings (SSSR count). The highest BCUT2D eigenvalue weighted by Crippen LogP contribution is 2.37. The number of unbranched alkanes of at least 4 members (excludes halogenated alkanes) is 3. The molecule has 0 aliphatic rings. The number of aromatic nitrogens is 3. The molecule has 0 spiro atoms. The zero-order valence-corrected chi connectivity index (χ0v) is 17.3. The summed E-state index contributed by atoms with van der Waals surface area (Å²) < 4.78 is 13.1. The topological polar surface area (TPSA) is 57.1 Å². The van der Waals surface area contributed by atoms with Crippen LogP contribution in [0.25, 0.3) is 11.3 Å². The fraction of sp³-hybridized carbons (Fsp3) is 0.375. The standard InChI is InChI=1S/C24H29N3O2/c1-3-5-6-12-19-28-24(4-2,20-13-8-7-9-14-20)29-23-16-11-10-15-21(23)22-17-18-25-27-26-22/h7-11,13-18H,3-6,12,19H2,1-2H3. The van der Waals surface area contributed by atoms with Crippen molar-refractivity contribution in [3.8, 4) is 17.0 Å². The van der Waals surface area contributed by atoms with E-state index < -0.39 is 5.79 Å².